The average molecular weight is 391 g/mol. The number of aromatic nitrogens is 2. The van der Waals surface area contributed by atoms with Gasteiger partial charge in [0.15, 0.2) is 0 Å². The molecule has 0 radical (unpaired) electrons. The molecule has 2 amide bonds. The Bertz CT molecular complexity index is 1170. The zero-order valence-electron chi connectivity index (χ0n) is 15.5. The summed E-state index contributed by atoms with van der Waals surface area (Å²) < 4.78 is 2.01. The fourth-order valence-electron chi connectivity index (χ4n) is 2.98. The number of urea groups is 1. The van der Waals surface area contributed by atoms with Crippen LogP contribution in [0.3, 0.4) is 0 Å². The predicted octanol–water partition coefficient (Wildman–Crippen LogP) is 5.92. The van der Waals surface area contributed by atoms with E-state index in [2.05, 4.69) is 10.6 Å². The molecule has 6 heteroatoms. The first-order valence-electron chi connectivity index (χ1n) is 8.88. The Morgan fingerprint density at radius 3 is 2.39 bits per heavy atom. The van der Waals surface area contributed by atoms with Gasteiger partial charge in [-0.25, -0.2) is 9.78 Å². The van der Waals surface area contributed by atoms with Crippen molar-refractivity contribution < 1.29 is 4.79 Å². The van der Waals surface area contributed by atoms with E-state index in [1.54, 1.807) is 6.07 Å². The zero-order valence-corrected chi connectivity index (χ0v) is 16.3. The van der Waals surface area contributed by atoms with Gasteiger partial charge in [-0.2, -0.15) is 0 Å². The van der Waals surface area contributed by atoms with Crippen LogP contribution in [0.2, 0.25) is 5.02 Å². The van der Waals surface area contributed by atoms with Gasteiger partial charge in [0.05, 0.1) is 5.69 Å². The van der Waals surface area contributed by atoms with E-state index < -0.39 is 0 Å². The van der Waals surface area contributed by atoms with Gasteiger partial charge in [0.1, 0.15) is 5.65 Å². The van der Waals surface area contributed by atoms with Crippen molar-refractivity contribution in [2.75, 3.05) is 10.6 Å². The van der Waals surface area contributed by atoms with E-state index in [9.17, 15) is 4.79 Å². The lowest BCUT2D eigenvalue weighted by Gasteiger charge is -2.09. The Balaban J connectivity index is 1.47. The molecule has 4 aromatic rings. The Kier molecular flexibility index (Phi) is 4.75. The van der Waals surface area contributed by atoms with Crippen LogP contribution in [0.5, 0.6) is 0 Å². The van der Waals surface area contributed by atoms with Crippen LogP contribution in [0, 0.1) is 13.8 Å². The first kappa shape index (κ1) is 18.1. The zero-order chi connectivity index (χ0) is 19.7. The van der Waals surface area contributed by atoms with Gasteiger partial charge >= 0.3 is 6.03 Å². The summed E-state index contributed by atoms with van der Waals surface area (Å²) in [4.78, 5) is 16.9. The van der Waals surface area contributed by atoms with E-state index in [0.717, 1.165) is 28.0 Å². The molecule has 0 fully saturated rings. The molecule has 4 rings (SSSR count). The van der Waals surface area contributed by atoms with Gasteiger partial charge in [-0.15, -0.1) is 0 Å². The fourth-order valence-corrected chi connectivity index (χ4v) is 3.16. The smallest absolute Gasteiger partial charge is 0.308 e. The molecule has 0 aliphatic heterocycles. The average Bonchev–Trinajstić information content (AvgIpc) is 3.11. The molecule has 2 heterocycles. The van der Waals surface area contributed by atoms with Gasteiger partial charge in [-0.3, -0.25) is 0 Å². The molecule has 5 nitrogen and oxygen atoms in total. The third kappa shape index (κ3) is 3.70. The van der Waals surface area contributed by atoms with Crippen LogP contribution in [0.25, 0.3) is 16.9 Å². The molecule has 28 heavy (non-hydrogen) atoms. The number of rotatable bonds is 3. The summed E-state index contributed by atoms with van der Waals surface area (Å²) in [6.07, 6.45) is 3.98. The predicted molar refractivity (Wildman–Crippen MR) is 114 cm³/mol. The van der Waals surface area contributed by atoms with Crippen molar-refractivity contribution in [2.24, 2.45) is 0 Å². The third-order valence-corrected chi connectivity index (χ3v) is 4.95. The molecular weight excluding hydrogens is 372 g/mol. The Hall–Kier alpha value is -3.31. The van der Waals surface area contributed by atoms with E-state index in [1.807, 2.05) is 79.2 Å². The Labute approximate surface area is 168 Å². The second kappa shape index (κ2) is 7.37. The molecule has 0 aliphatic carbocycles. The minimum Gasteiger partial charge on any atom is -0.308 e. The summed E-state index contributed by atoms with van der Waals surface area (Å²) >= 11 is 6.09. The first-order valence-corrected chi connectivity index (χ1v) is 9.26. The van der Waals surface area contributed by atoms with Crippen molar-refractivity contribution in [1.29, 1.82) is 0 Å². The second-order valence-corrected chi connectivity index (χ2v) is 7.08. The third-order valence-electron chi connectivity index (χ3n) is 4.55. The van der Waals surface area contributed by atoms with Crippen LogP contribution in [-0.2, 0) is 0 Å². The molecule has 0 aliphatic rings. The highest BCUT2D eigenvalue weighted by atomic mass is 35.5. The van der Waals surface area contributed by atoms with E-state index >= 15 is 0 Å². The maximum Gasteiger partial charge on any atom is 0.323 e. The number of aryl methyl sites for hydroxylation is 2. The van der Waals surface area contributed by atoms with Crippen LogP contribution in [0.15, 0.2) is 67.0 Å². The molecule has 0 saturated carbocycles. The molecule has 2 aromatic heterocycles. The van der Waals surface area contributed by atoms with Gasteiger partial charge in [0, 0.05) is 34.4 Å². The summed E-state index contributed by atoms with van der Waals surface area (Å²) in [5, 5.41) is 6.21. The topological polar surface area (TPSA) is 58.4 Å². The van der Waals surface area contributed by atoms with Crippen LogP contribution in [0.1, 0.15) is 11.1 Å². The number of fused-ring (bicyclic) bond motifs is 1. The number of nitrogens with zero attached hydrogens (tertiary/aromatic N) is 2. The van der Waals surface area contributed by atoms with Gasteiger partial charge in [0.2, 0.25) is 0 Å². The van der Waals surface area contributed by atoms with Crippen LogP contribution in [0.4, 0.5) is 16.2 Å². The highest BCUT2D eigenvalue weighted by Gasteiger charge is 2.08. The summed E-state index contributed by atoms with van der Waals surface area (Å²) in [6.45, 7) is 3.96. The van der Waals surface area contributed by atoms with Crippen molar-refractivity contribution in [2.45, 2.75) is 13.8 Å². The van der Waals surface area contributed by atoms with Gasteiger partial charge in [-0.05, 0) is 55.3 Å². The number of anilines is 2. The summed E-state index contributed by atoms with van der Waals surface area (Å²) in [6, 6.07) is 16.7. The number of nitrogens with one attached hydrogen (secondary N) is 2. The van der Waals surface area contributed by atoms with Crippen LogP contribution < -0.4 is 10.6 Å². The number of carbonyl (C=O) groups excluding carboxylic acids is 1. The molecule has 0 atom stereocenters. The van der Waals surface area contributed by atoms with Crippen molar-refractivity contribution >= 4 is 34.7 Å². The van der Waals surface area contributed by atoms with E-state index in [-0.39, 0.29) is 6.03 Å². The number of halogens is 1. The molecule has 0 bridgehead atoms. The minimum atomic E-state index is -0.323. The van der Waals surface area contributed by atoms with Gasteiger partial charge in [-0.1, -0.05) is 35.9 Å². The number of amides is 2. The Morgan fingerprint density at radius 2 is 1.68 bits per heavy atom. The number of benzene rings is 2. The highest BCUT2D eigenvalue weighted by molar-refractivity contribution is 6.31. The van der Waals surface area contributed by atoms with E-state index in [1.165, 1.54) is 0 Å². The number of pyridine rings is 1. The number of hydrogen-bond acceptors (Lipinski definition) is 2. The molecule has 2 aromatic carbocycles. The monoisotopic (exact) mass is 390 g/mol. The highest BCUT2D eigenvalue weighted by Crippen LogP contribution is 2.23. The largest absolute Gasteiger partial charge is 0.323 e. The van der Waals surface area contributed by atoms with Crippen LogP contribution in [-0.4, -0.2) is 15.4 Å². The lowest BCUT2D eigenvalue weighted by Crippen LogP contribution is -2.19. The van der Waals surface area contributed by atoms with Gasteiger partial charge in [0.25, 0.3) is 0 Å². The lowest BCUT2D eigenvalue weighted by molar-refractivity contribution is 0.262. The maximum absolute atomic E-state index is 12.2. The number of imidazole rings is 1. The maximum atomic E-state index is 12.2. The molecule has 2 N–H and O–H groups in total. The van der Waals surface area contributed by atoms with Crippen molar-refractivity contribution in [3.63, 3.8) is 0 Å². The molecular formula is C22H19ClN4O. The summed E-state index contributed by atoms with van der Waals surface area (Å²) in [5.74, 6) is 0. The van der Waals surface area contributed by atoms with Crippen LogP contribution >= 0.6 is 11.6 Å². The summed E-state index contributed by atoms with van der Waals surface area (Å²) in [7, 11) is 0. The van der Waals surface area contributed by atoms with Crippen molar-refractivity contribution in [1.82, 2.24) is 9.38 Å². The SMILES string of the molecule is Cc1ccc(NC(=O)Nc2ccc(-c3cn4cccc(C)c4n3)cc2)cc1Cl. The van der Waals surface area contributed by atoms with Gasteiger partial charge < -0.3 is 15.0 Å². The second-order valence-electron chi connectivity index (χ2n) is 6.67. The standard InChI is InChI=1S/C22H19ClN4O/c1-14-5-8-18(12-19(14)23)25-22(28)24-17-9-6-16(7-10-17)20-13-27-11-3-4-15(2)21(27)26-20/h3-13H,1-2H3,(H2,24,25,28). The van der Waals surface area contributed by atoms with E-state index in [0.29, 0.717) is 16.4 Å². The fraction of sp³-hybridized carbons (Fsp3) is 0.0909. The lowest BCUT2D eigenvalue weighted by atomic mass is 10.1. The van der Waals surface area contributed by atoms with Crippen molar-refractivity contribution in [3.8, 4) is 11.3 Å². The quantitative estimate of drug-likeness (QED) is 0.456. The molecule has 0 saturated heterocycles. The molecule has 0 spiro atoms. The summed E-state index contributed by atoms with van der Waals surface area (Å²) in [5.41, 5.74) is 6.24. The molecule has 140 valence electrons. The van der Waals surface area contributed by atoms with E-state index in [4.69, 9.17) is 16.6 Å². The molecule has 0 unspecified atom stereocenters. The first-order chi connectivity index (χ1) is 13.5. The minimum absolute atomic E-state index is 0.323. The Morgan fingerprint density at radius 1 is 0.964 bits per heavy atom. The number of hydrogen-bond donors (Lipinski definition) is 2. The number of carbonyl (C=O) groups is 1. The van der Waals surface area contributed by atoms with Crippen molar-refractivity contribution in [3.05, 3.63) is 83.1 Å². The normalized spacial score (nSPS) is 10.8.